The predicted octanol–water partition coefficient (Wildman–Crippen LogP) is 2.13. The second-order valence-corrected chi connectivity index (χ2v) is 5.45. The van der Waals surface area contributed by atoms with E-state index in [4.69, 9.17) is 0 Å². The summed E-state index contributed by atoms with van der Waals surface area (Å²) in [4.78, 5) is 4.32. The number of fused-ring (bicyclic) bond motifs is 1. The Morgan fingerprint density at radius 1 is 1.15 bits per heavy atom. The highest BCUT2D eigenvalue weighted by Gasteiger charge is 2.19. The van der Waals surface area contributed by atoms with Crippen LogP contribution in [0.2, 0.25) is 0 Å². The molecule has 0 bridgehead atoms. The summed E-state index contributed by atoms with van der Waals surface area (Å²) in [5.74, 6) is 0. The Labute approximate surface area is 116 Å². The van der Waals surface area contributed by atoms with E-state index in [0.29, 0.717) is 6.42 Å². The van der Waals surface area contributed by atoms with Crippen molar-refractivity contribution < 1.29 is 5.11 Å². The third kappa shape index (κ3) is 2.40. The summed E-state index contributed by atoms with van der Waals surface area (Å²) in [5.41, 5.74) is 2.52. The highest BCUT2D eigenvalue weighted by Crippen LogP contribution is 2.21. The predicted molar refractivity (Wildman–Crippen MR) is 76.7 cm³/mol. The number of hydrogen-bond acceptors (Lipinski definition) is 4. The van der Waals surface area contributed by atoms with Gasteiger partial charge >= 0.3 is 0 Å². The lowest BCUT2D eigenvalue weighted by molar-refractivity contribution is 0.0803. The van der Waals surface area contributed by atoms with E-state index in [1.807, 2.05) is 36.4 Å². The molecular formula is C15H16N4O. The molecule has 1 aromatic carbocycles. The van der Waals surface area contributed by atoms with Gasteiger partial charge in [0, 0.05) is 12.6 Å². The molecule has 3 rings (SSSR count). The van der Waals surface area contributed by atoms with Gasteiger partial charge in [0.1, 0.15) is 5.52 Å². The van der Waals surface area contributed by atoms with E-state index in [-0.39, 0.29) is 0 Å². The lowest BCUT2D eigenvalue weighted by Gasteiger charge is -2.16. The molecule has 0 spiro atoms. The Morgan fingerprint density at radius 2 is 1.90 bits per heavy atom. The Balaban J connectivity index is 2.13. The minimum absolute atomic E-state index is 0.442. The second kappa shape index (κ2) is 4.68. The first-order chi connectivity index (χ1) is 9.54. The van der Waals surface area contributed by atoms with Gasteiger partial charge in [-0.1, -0.05) is 23.4 Å². The Bertz CT molecular complexity index is 728. The number of pyridine rings is 1. The van der Waals surface area contributed by atoms with Crippen LogP contribution in [0, 0.1) is 0 Å². The van der Waals surface area contributed by atoms with Crippen molar-refractivity contribution >= 4 is 11.0 Å². The molecule has 0 aliphatic carbocycles. The average Bonchev–Trinajstić information content (AvgIpc) is 2.83. The van der Waals surface area contributed by atoms with Crippen LogP contribution in [0.3, 0.4) is 0 Å². The van der Waals surface area contributed by atoms with E-state index in [1.54, 1.807) is 24.7 Å². The van der Waals surface area contributed by atoms with Crippen LogP contribution in [0.1, 0.15) is 19.5 Å². The highest BCUT2D eigenvalue weighted by molar-refractivity contribution is 5.78. The topological polar surface area (TPSA) is 63.8 Å². The molecule has 0 atom stereocenters. The minimum Gasteiger partial charge on any atom is -0.390 e. The number of aliphatic hydroxyl groups is 1. The molecule has 0 amide bonds. The minimum atomic E-state index is -0.822. The molecule has 5 nitrogen and oxygen atoms in total. The number of benzene rings is 1. The molecule has 0 radical (unpaired) electrons. The first-order valence-electron chi connectivity index (χ1n) is 6.52. The normalized spacial score (nSPS) is 11.9. The molecule has 0 saturated heterocycles. The molecule has 5 heteroatoms. The number of rotatable bonds is 3. The number of para-hydroxylation sites is 1. The van der Waals surface area contributed by atoms with Crippen molar-refractivity contribution in [3.8, 4) is 5.69 Å². The first kappa shape index (κ1) is 12.7. The fourth-order valence-electron chi connectivity index (χ4n) is 2.20. The molecule has 0 aliphatic heterocycles. The van der Waals surface area contributed by atoms with Crippen LogP contribution in [-0.2, 0) is 6.42 Å². The van der Waals surface area contributed by atoms with E-state index in [2.05, 4.69) is 15.3 Å². The van der Waals surface area contributed by atoms with Gasteiger partial charge in [-0.15, -0.1) is 5.10 Å². The molecule has 0 aliphatic rings. The van der Waals surface area contributed by atoms with Crippen LogP contribution >= 0.6 is 0 Å². The molecule has 1 N–H and O–H groups in total. The summed E-state index contributed by atoms with van der Waals surface area (Å²) in [6, 6.07) is 11.7. The maximum atomic E-state index is 9.96. The lowest BCUT2D eigenvalue weighted by atomic mass is 10.0. The van der Waals surface area contributed by atoms with Crippen molar-refractivity contribution in [2.45, 2.75) is 25.9 Å². The van der Waals surface area contributed by atoms with E-state index < -0.39 is 5.60 Å². The van der Waals surface area contributed by atoms with Gasteiger partial charge in [-0.3, -0.25) is 4.98 Å². The summed E-state index contributed by atoms with van der Waals surface area (Å²) < 4.78 is 1.78. The van der Waals surface area contributed by atoms with Crippen molar-refractivity contribution in [3.05, 3.63) is 48.3 Å². The van der Waals surface area contributed by atoms with Gasteiger partial charge in [-0.2, -0.15) is 0 Å². The van der Waals surface area contributed by atoms with Crippen LogP contribution in [0.25, 0.3) is 16.7 Å². The Hall–Kier alpha value is -2.27. The highest BCUT2D eigenvalue weighted by atomic mass is 16.3. The summed E-state index contributed by atoms with van der Waals surface area (Å²) >= 11 is 0. The van der Waals surface area contributed by atoms with Gasteiger partial charge in [0.05, 0.1) is 22.5 Å². The van der Waals surface area contributed by atoms with Crippen LogP contribution in [0.5, 0.6) is 0 Å². The SMILES string of the molecule is CC(C)(O)Cc1nccc2c1nnn2-c1ccccc1. The summed E-state index contributed by atoms with van der Waals surface area (Å²) in [7, 11) is 0. The molecule has 0 unspecified atom stereocenters. The quantitative estimate of drug-likeness (QED) is 0.790. The van der Waals surface area contributed by atoms with Crippen LogP contribution in [-0.4, -0.2) is 30.7 Å². The molecule has 20 heavy (non-hydrogen) atoms. The molecular weight excluding hydrogens is 252 g/mol. The Morgan fingerprint density at radius 3 is 2.60 bits per heavy atom. The van der Waals surface area contributed by atoms with Crippen molar-refractivity contribution in [2.75, 3.05) is 0 Å². The van der Waals surface area contributed by atoms with Crippen LogP contribution in [0.15, 0.2) is 42.6 Å². The number of hydrogen-bond donors (Lipinski definition) is 1. The van der Waals surface area contributed by atoms with E-state index in [9.17, 15) is 5.11 Å². The van der Waals surface area contributed by atoms with Gasteiger partial charge in [0.2, 0.25) is 0 Å². The maximum absolute atomic E-state index is 9.96. The van der Waals surface area contributed by atoms with E-state index in [0.717, 1.165) is 22.4 Å². The molecule has 102 valence electrons. The van der Waals surface area contributed by atoms with E-state index in [1.165, 1.54) is 0 Å². The van der Waals surface area contributed by atoms with Gasteiger partial charge < -0.3 is 5.11 Å². The maximum Gasteiger partial charge on any atom is 0.135 e. The standard InChI is InChI=1S/C15H16N4O/c1-15(2,20)10-12-14-13(8-9-16-12)19(18-17-14)11-6-4-3-5-7-11/h3-9,20H,10H2,1-2H3. The Kier molecular flexibility index (Phi) is 2.99. The summed E-state index contributed by atoms with van der Waals surface area (Å²) in [5, 5.41) is 18.4. The van der Waals surface area contributed by atoms with Crippen LogP contribution < -0.4 is 0 Å². The number of nitrogens with zero attached hydrogens (tertiary/aromatic N) is 4. The van der Waals surface area contributed by atoms with Crippen molar-refractivity contribution in [3.63, 3.8) is 0 Å². The fourth-order valence-corrected chi connectivity index (χ4v) is 2.20. The van der Waals surface area contributed by atoms with Gasteiger partial charge in [0.25, 0.3) is 0 Å². The first-order valence-corrected chi connectivity index (χ1v) is 6.52. The average molecular weight is 268 g/mol. The van der Waals surface area contributed by atoms with Crippen LogP contribution in [0.4, 0.5) is 0 Å². The second-order valence-electron chi connectivity index (χ2n) is 5.45. The summed E-state index contributed by atoms with van der Waals surface area (Å²) in [6.07, 6.45) is 2.17. The summed E-state index contributed by atoms with van der Waals surface area (Å²) in [6.45, 7) is 3.52. The van der Waals surface area contributed by atoms with Crippen molar-refractivity contribution in [2.24, 2.45) is 0 Å². The monoisotopic (exact) mass is 268 g/mol. The van der Waals surface area contributed by atoms with Gasteiger partial charge in [-0.05, 0) is 32.0 Å². The molecule has 3 aromatic rings. The smallest absolute Gasteiger partial charge is 0.135 e. The van der Waals surface area contributed by atoms with Crippen molar-refractivity contribution in [1.29, 1.82) is 0 Å². The van der Waals surface area contributed by atoms with E-state index >= 15 is 0 Å². The molecule has 2 heterocycles. The molecule has 2 aromatic heterocycles. The molecule has 0 fully saturated rings. The zero-order valence-corrected chi connectivity index (χ0v) is 11.5. The zero-order chi connectivity index (χ0) is 14.2. The zero-order valence-electron chi connectivity index (χ0n) is 11.5. The largest absolute Gasteiger partial charge is 0.390 e. The molecule has 0 saturated carbocycles. The van der Waals surface area contributed by atoms with Crippen molar-refractivity contribution in [1.82, 2.24) is 20.0 Å². The third-order valence-corrected chi connectivity index (χ3v) is 3.04. The fraction of sp³-hybridized carbons (Fsp3) is 0.267. The van der Waals surface area contributed by atoms with Gasteiger partial charge in [-0.25, -0.2) is 4.68 Å². The number of aromatic nitrogens is 4. The van der Waals surface area contributed by atoms with Gasteiger partial charge in [0.15, 0.2) is 0 Å². The third-order valence-electron chi connectivity index (χ3n) is 3.04. The lowest BCUT2D eigenvalue weighted by Crippen LogP contribution is -2.22.